The predicted molar refractivity (Wildman–Crippen MR) is 112 cm³/mol. The van der Waals surface area contributed by atoms with Crippen LogP contribution in [0.2, 0.25) is 0 Å². The Hall–Kier alpha value is -3.15. The molecule has 1 aliphatic rings. The highest BCUT2D eigenvalue weighted by molar-refractivity contribution is 5.89. The van der Waals surface area contributed by atoms with E-state index in [2.05, 4.69) is 40.4 Å². The van der Waals surface area contributed by atoms with Crippen LogP contribution in [0.3, 0.4) is 0 Å². The molecule has 2 atom stereocenters. The number of para-hydroxylation sites is 1. The van der Waals surface area contributed by atoms with E-state index < -0.39 is 0 Å². The van der Waals surface area contributed by atoms with Crippen LogP contribution in [0.5, 0.6) is 0 Å². The lowest BCUT2D eigenvalue weighted by Crippen LogP contribution is -2.39. The number of amides is 2. The van der Waals surface area contributed by atoms with Gasteiger partial charge < -0.3 is 15.2 Å². The number of pyridine rings is 1. The lowest BCUT2D eigenvalue weighted by molar-refractivity contribution is -0.129. The number of hydrogen-bond donors (Lipinski definition) is 2. The molecule has 1 saturated heterocycles. The number of carbonyl (C=O) groups is 2. The van der Waals surface area contributed by atoms with E-state index in [9.17, 15) is 9.59 Å². The van der Waals surface area contributed by atoms with Crippen molar-refractivity contribution in [1.29, 1.82) is 0 Å². The number of rotatable bonds is 6. The smallest absolute Gasteiger partial charge is 0.225 e. The quantitative estimate of drug-likeness (QED) is 0.679. The lowest BCUT2D eigenvalue weighted by atomic mass is 10.0. The normalized spacial score (nSPS) is 17.7. The van der Waals surface area contributed by atoms with Crippen molar-refractivity contribution < 1.29 is 9.59 Å². The molecule has 0 saturated carbocycles. The van der Waals surface area contributed by atoms with Crippen molar-refractivity contribution in [2.45, 2.75) is 39.3 Å². The first-order valence-electron chi connectivity index (χ1n) is 10.0. The maximum atomic E-state index is 12.7. The minimum atomic E-state index is -0.299. The number of carbonyl (C=O) groups excluding carboxylic acids is 2. The van der Waals surface area contributed by atoms with Gasteiger partial charge in [-0.05, 0) is 43.0 Å². The second-order valence-electron chi connectivity index (χ2n) is 7.96. The van der Waals surface area contributed by atoms with E-state index in [4.69, 9.17) is 0 Å². The van der Waals surface area contributed by atoms with Crippen molar-refractivity contribution in [3.63, 3.8) is 0 Å². The van der Waals surface area contributed by atoms with Crippen LogP contribution >= 0.6 is 0 Å². The van der Waals surface area contributed by atoms with Gasteiger partial charge in [0.05, 0.1) is 5.92 Å². The number of nitrogens with zero attached hydrogens (tertiary/aromatic N) is 2. The van der Waals surface area contributed by atoms with E-state index in [1.807, 2.05) is 25.3 Å². The van der Waals surface area contributed by atoms with Crippen molar-refractivity contribution in [3.8, 4) is 0 Å². The number of aromatic amines is 1. The molecule has 1 fully saturated rings. The number of aryl methyl sites for hydroxylation is 1. The summed E-state index contributed by atoms with van der Waals surface area (Å²) in [5.41, 5.74) is 4.53. The minimum absolute atomic E-state index is 0.00973. The highest BCUT2D eigenvalue weighted by atomic mass is 16.2. The molecule has 0 bridgehead atoms. The zero-order valence-electron chi connectivity index (χ0n) is 16.8. The molecular weight excluding hydrogens is 364 g/mol. The van der Waals surface area contributed by atoms with Crippen molar-refractivity contribution in [2.75, 3.05) is 6.54 Å². The Morgan fingerprint density at radius 1 is 1.34 bits per heavy atom. The molecule has 6 heteroatoms. The molecule has 3 aromatic rings. The second kappa shape index (κ2) is 8.07. The fourth-order valence-corrected chi connectivity index (χ4v) is 4.09. The van der Waals surface area contributed by atoms with Crippen molar-refractivity contribution in [1.82, 2.24) is 20.2 Å². The molecule has 150 valence electrons. The van der Waals surface area contributed by atoms with Gasteiger partial charge in [0.2, 0.25) is 11.8 Å². The average molecular weight is 390 g/mol. The first kappa shape index (κ1) is 19.2. The van der Waals surface area contributed by atoms with Crippen LogP contribution in [-0.2, 0) is 22.6 Å². The Balaban J connectivity index is 1.35. The summed E-state index contributed by atoms with van der Waals surface area (Å²) in [6, 6.07) is 10.0. The zero-order chi connectivity index (χ0) is 20.4. The molecule has 0 unspecified atom stereocenters. The predicted octanol–water partition coefficient (Wildman–Crippen LogP) is 2.97. The molecule has 2 amide bonds. The first-order valence-corrected chi connectivity index (χ1v) is 10.0. The van der Waals surface area contributed by atoms with Crippen LogP contribution in [0.4, 0.5) is 0 Å². The number of benzene rings is 1. The van der Waals surface area contributed by atoms with Crippen molar-refractivity contribution in [3.05, 3.63) is 65.6 Å². The summed E-state index contributed by atoms with van der Waals surface area (Å²) in [7, 11) is 0. The Morgan fingerprint density at radius 2 is 2.21 bits per heavy atom. The number of aromatic nitrogens is 2. The summed E-state index contributed by atoms with van der Waals surface area (Å²) < 4.78 is 0. The average Bonchev–Trinajstić information content (AvgIpc) is 3.27. The molecule has 0 spiro atoms. The largest absolute Gasteiger partial charge is 0.361 e. The van der Waals surface area contributed by atoms with Crippen molar-refractivity contribution >= 4 is 22.7 Å². The van der Waals surface area contributed by atoms with Gasteiger partial charge in [-0.25, -0.2) is 0 Å². The Bertz CT molecular complexity index is 1030. The van der Waals surface area contributed by atoms with Crippen LogP contribution in [0.25, 0.3) is 10.9 Å². The van der Waals surface area contributed by atoms with Crippen LogP contribution < -0.4 is 5.32 Å². The van der Waals surface area contributed by atoms with Gasteiger partial charge in [0.25, 0.3) is 0 Å². The molecule has 2 N–H and O–H groups in total. The van der Waals surface area contributed by atoms with Gasteiger partial charge in [-0.1, -0.05) is 24.3 Å². The number of fused-ring (bicyclic) bond motifs is 1. The lowest BCUT2D eigenvalue weighted by Gasteiger charge is -2.18. The molecule has 3 heterocycles. The van der Waals surface area contributed by atoms with E-state index in [1.54, 1.807) is 17.3 Å². The van der Waals surface area contributed by atoms with E-state index in [0.29, 0.717) is 13.1 Å². The topological polar surface area (TPSA) is 78.1 Å². The van der Waals surface area contributed by atoms with Gasteiger partial charge in [-0.2, -0.15) is 0 Å². The number of likely N-dealkylation sites (tertiary alicyclic amines) is 1. The minimum Gasteiger partial charge on any atom is -0.361 e. The molecule has 4 rings (SSSR count). The summed E-state index contributed by atoms with van der Waals surface area (Å²) in [4.78, 5) is 34.2. The zero-order valence-corrected chi connectivity index (χ0v) is 16.8. The van der Waals surface area contributed by atoms with Crippen LogP contribution in [0.15, 0.2) is 48.9 Å². The van der Waals surface area contributed by atoms with Gasteiger partial charge >= 0.3 is 0 Å². The highest BCUT2D eigenvalue weighted by Crippen LogP contribution is 2.23. The third-order valence-corrected chi connectivity index (χ3v) is 5.61. The van der Waals surface area contributed by atoms with Gasteiger partial charge in [-0.15, -0.1) is 0 Å². The highest BCUT2D eigenvalue weighted by Gasteiger charge is 2.34. The summed E-state index contributed by atoms with van der Waals surface area (Å²) in [6.45, 7) is 5.05. The molecule has 0 radical (unpaired) electrons. The van der Waals surface area contributed by atoms with Crippen LogP contribution in [0.1, 0.15) is 30.0 Å². The summed E-state index contributed by atoms with van der Waals surface area (Å²) >= 11 is 0. The first-order chi connectivity index (χ1) is 14.0. The fraction of sp³-hybridized carbons (Fsp3) is 0.348. The van der Waals surface area contributed by atoms with Crippen LogP contribution in [-0.4, -0.2) is 39.3 Å². The third-order valence-electron chi connectivity index (χ3n) is 5.61. The SMILES string of the molecule is Cc1cccc2c(C[C@H](C)NC(=O)[C@@H]3CC(=O)N(Cc4cccnc4)C3)c[nH]c12. The van der Waals surface area contributed by atoms with E-state index in [-0.39, 0.29) is 30.2 Å². The fourth-order valence-electron chi connectivity index (χ4n) is 4.09. The Labute approximate surface area is 170 Å². The number of hydrogen-bond acceptors (Lipinski definition) is 3. The van der Waals surface area contributed by atoms with Crippen molar-refractivity contribution in [2.24, 2.45) is 5.92 Å². The standard InChI is InChI=1S/C23H26N4O2/c1-15-5-3-7-20-18(12-25-22(15)20)9-16(2)26-23(29)19-10-21(28)27(14-19)13-17-6-4-8-24-11-17/h3-8,11-12,16,19,25H,9-10,13-14H2,1-2H3,(H,26,29)/t16-,19+/m0/s1. The van der Waals surface area contributed by atoms with Gasteiger partial charge in [-0.3, -0.25) is 14.6 Å². The van der Waals surface area contributed by atoms with Gasteiger partial charge in [0.15, 0.2) is 0 Å². The molecule has 1 aliphatic heterocycles. The van der Waals surface area contributed by atoms with Gasteiger partial charge in [0.1, 0.15) is 0 Å². The maximum Gasteiger partial charge on any atom is 0.225 e. The molecule has 0 aliphatic carbocycles. The molecule has 1 aromatic carbocycles. The maximum absolute atomic E-state index is 12.7. The Morgan fingerprint density at radius 3 is 3.00 bits per heavy atom. The summed E-state index contributed by atoms with van der Waals surface area (Å²) in [6.07, 6.45) is 6.50. The van der Waals surface area contributed by atoms with E-state index in [0.717, 1.165) is 17.5 Å². The number of nitrogens with one attached hydrogen (secondary N) is 2. The summed E-state index contributed by atoms with van der Waals surface area (Å²) in [5, 5.41) is 4.30. The third kappa shape index (κ3) is 4.16. The van der Waals surface area contributed by atoms with Crippen LogP contribution in [0, 0.1) is 12.8 Å². The molecule has 2 aromatic heterocycles. The molecule has 6 nitrogen and oxygen atoms in total. The molecule has 29 heavy (non-hydrogen) atoms. The monoisotopic (exact) mass is 390 g/mol. The number of H-pyrrole nitrogens is 1. The molecular formula is C23H26N4O2. The van der Waals surface area contributed by atoms with Gasteiger partial charge in [0, 0.05) is 55.0 Å². The van der Waals surface area contributed by atoms with E-state index >= 15 is 0 Å². The van der Waals surface area contributed by atoms with E-state index in [1.165, 1.54) is 16.5 Å². The second-order valence-corrected chi connectivity index (χ2v) is 7.96. The summed E-state index contributed by atoms with van der Waals surface area (Å²) in [5.74, 6) is -0.323. The Kier molecular flexibility index (Phi) is 5.34.